The van der Waals surface area contributed by atoms with Crippen molar-refractivity contribution >= 4 is 11.9 Å². The van der Waals surface area contributed by atoms with Crippen molar-refractivity contribution in [2.45, 2.75) is 45.6 Å². The average Bonchev–Trinajstić information content (AvgIpc) is 2.90. The minimum absolute atomic E-state index is 0.0560. The Labute approximate surface area is 135 Å². The molecule has 3 N–H and O–H groups in total. The Morgan fingerprint density at radius 2 is 2.18 bits per heavy atom. The molecule has 0 aromatic heterocycles. The molecule has 6 nitrogen and oxygen atoms in total. The minimum Gasteiger partial charge on any atom is -0.370 e. The van der Waals surface area contributed by atoms with Crippen molar-refractivity contribution in [2.24, 2.45) is 16.6 Å². The molecule has 0 saturated carbocycles. The van der Waals surface area contributed by atoms with E-state index in [-0.39, 0.29) is 11.9 Å². The maximum absolute atomic E-state index is 12.1. The Balaban J connectivity index is 2.24. The number of nitrogens with one attached hydrogen (secondary N) is 1. The lowest BCUT2D eigenvalue weighted by Gasteiger charge is -2.25. The molecule has 0 aromatic carbocycles. The highest BCUT2D eigenvalue weighted by Gasteiger charge is 2.30. The zero-order chi connectivity index (χ0) is 16.5. The maximum atomic E-state index is 12.1. The van der Waals surface area contributed by atoms with E-state index >= 15 is 0 Å². The molecule has 1 aliphatic heterocycles. The molecule has 1 unspecified atom stereocenters. The SMILES string of the molecule is CC(C)CCNC(N)=NCCCN1CCCC1C(=O)N(C)C. The van der Waals surface area contributed by atoms with Gasteiger partial charge < -0.3 is 16.0 Å². The molecule has 1 fully saturated rings. The van der Waals surface area contributed by atoms with Crippen molar-refractivity contribution in [1.29, 1.82) is 0 Å². The highest BCUT2D eigenvalue weighted by atomic mass is 16.2. The third-order valence-electron chi connectivity index (χ3n) is 4.00. The summed E-state index contributed by atoms with van der Waals surface area (Å²) in [4.78, 5) is 20.4. The second kappa shape index (κ2) is 9.66. The first-order valence-corrected chi connectivity index (χ1v) is 8.40. The summed E-state index contributed by atoms with van der Waals surface area (Å²) in [6, 6.07) is 0.0560. The van der Waals surface area contributed by atoms with E-state index in [1.54, 1.807) is 4.90 Å². The van der Waals surface area contributed by atoms with Crippen LogP contribution in [-0.2, 0) is 4.79 Å². The Bertz CT molecular complexity index is 368. The number of hydrogen-bond donors (Lipinski definition) is 2. The van der Waals surface area contributed by atoms with E-state index in [0.717, 1.165) is 45.3 Å². The molecule has 1 aliphatic rings. The molecule has 1 saturated heterocycles. The molecule has 0 radical (unpaired) electrons. The van der Waals surface area contributed by atoms with Gasteiger partial charge in [0.25, 0.3) is 0 Å². The van der Waals surface area contributed by atoms with Gasteiger partial charge >= 0.3 is 0 Å². The number of hydrogen-bond acceptors (Lipinski definition) is 3. The van der Waals surface area contributed by atoms with Crippen LogP contribution in [0.15, 0.2) is 4.99 Å². The second-order valence-corrected chi connectivity index (χ2v) is 6.66. The molecule has 1 heterocycles. The summed E-state index contributed by atoms with van der Waals surface area (Å²) < 4.78 is 0. The van der Waals surface area contributed by atoms with Crippen LogP contribution < -0.4 is 11.1 Å². The van der Waals surface area contributed by atoms with Crippen LogP contribution >= 0.6 is 0 Å². The Hall–Kier alpha value is -1.30. The number of rotatable bonds is 8. The van der Waals surface area contributed by atoms with Gasteiger partial charge in [0, 0.05) is 33.7 Å². The second-order valence-electron chi connectivity index (χ2n) is 6.66. The lowest BCUT2D eigenvalue weighted by Crippen LogP contribution is -2.43. The van der Waals surface area contributed by atoms with Gasteiger partial charge in [0.05, 0.1) is 6.04 Å². The summed E-state index contributed by atoms with van der Waals surface area (Å²) in [5.41, 5.74) is 5.83. The number of nitrogens with zero attached hydrogens (tertiary/aromatic N) is 3. The zero-order valence-corrected chi connectivity index (χ0v) is 14.6. The number of amides is 1. The number of carbonyl (C=O) groups excluding carboxylic acids is 1. The predicted molar refractivity (Wildman–Crippen MR) is 91.9 cm³/mol. The van der Waals surface area contributed by atoms with Gasteiger partial charge in [-0.2, -0.15) is 0 Å². The highest BCUT2D eigenvalue weighted by molar-refractivity contribution is 5.81. The largest absolute Gasteiger partial charge is 0.370 e. The predicted octanol–water partition coefficient (Wildman–Crippen LogP) is 0.880. The standard InChI is InChI=1S/C16H33N5O/c1-13(2)8-10-19-16(17)18-9-6-12-21-11-5-7-14(21)15(22)20(3)4/h13-14H,5-12H2,1-4H3,(H3,17,18,19). The molecule has 22 heavy (non-hydrogen) atoms. The number of guanidine groups is 1. The maximum Gasteiger partial charge on any atom is 0.239 e. The Kier molecular flexibility index (Phi) is 8.24. The van der Waals surface area contributed by atoms with E-state index in [2.05, 4.69) is 29.1 Å². The summed E-state index contributed by atoms with van der Waals surface area (Å²) in [5, 5.41) is 3.14. The molecule has 0 spiro atoms. The van der Waals surface area contributed by atoms with E-state index in [9.17, 15) is 4.79 Å². The summed E-state index contributed by atoms with van der Waals surface area (Å²) >= 11 is 0. The van der Waals surface area contributed by atoms with E-state index in [1.807, 2.05) is 14.1 Å². The van der Waals surface area contributed by atoms with Crippen molar-refractivity contribution in [3.05, 3.63) is 0 Å². The molecule has 1 atom stereocenters. The number of nitrogens with two attached hydrogens (primary N) is 1. The summed E-state index contributed by atoms with van der Waals surface area (Å²) in [6.45, 7) is 7.88. The van der Waals surface area contributed by atoms with E-state index in [0.29, 0.717) is 18.4 Å². The van der Waals surface area contributed by atoms with E-state index in [1.165, 1.54) is 0 Å². The molecule has 128 valence electrons. The summed E-state index contributed by atoms with van der Waals surface area (Å²) in [7, 11) is 3.65. The highest BCUT2D eigenvalue weighted by Crippen LogP contribution is 2.18. The van der Waals surface area contributed by atoms with E-state index in [4.69, 9.17) is 5.73 Å². The fraction of sp³-hybridized carbons (Fsp3) is 0.875. The number of likely N-dealkylation sites (tertiary alicyclic amines) is 1. The topological polar surface area (TPSA) is 74.0 Å². The summed E-state index contributed by atoms with van der Waals surface area (Å²) in [5.74, 6) is 1.42. The van der Waals surface area contributed by atoms with Gasteiger partial charge in [-0.1, -0.05) is 13.8 Å². The summed E-state index contributed by atoms with van der Waals surface area (Å²) in [6.07, 6.45) is 4.10. The molecule has 0 bridgehead atoms. The lowest BCUT2D eigenvalue weighted by molar-refractivity contribution is -0.133. The molecule has 0 aliphatic carbocycles. The van der Waals surface area contributed by atoms with E-state index < -0.39 is 0 Å². The molecule has 0 aromatic rings. The van der Waals surface area contributed by atoms with Crippen molar-refractivity contribution in [3.8, 4) is 0 Å². The van der Waals surface area contributed by atoms with Crippen LogP contribution in [0.3, 0.4) is 0 Å². The fourth-order valence-electron chi connectivity index (χ4n) is 2.69. The zero-order valence-electron chi connectivity index (χ0n) is 14.6. The van der Waals surface area contributed by atoms with Crippen LogP contribution in [0.2, 0.25) is 0 Å². The van der Waals surface area contributed by atoms with Crippen molar-refractivity contribution in [2.75, 3.05) is 40.3 Å². The average molecular weight is 311 g/mol. The third-order valence-corrected chi connectivity index (χ3v) is 4.00. The molecule has 1 rings (SSSR count). The number of aliphatic imine (C=N–C) groups is 1. The lowest BCUT2D eigenvalue weighted by atomic mass is 10.1. The number of likely N-dealkylation sites (N-methyl/N-ethyl adjacent to an activating group) is 1. The van der Waals surface area contributed by atoms with Gasteiger partial charge in [-0.15, -0.1) is 0 Å². The van der Waals surface area contributed by atoms with Crippen LogP contribution in [-0.4, -0.2) is 68.0 Å². The molecular formula is C16H33N5O. The van der Waals surface area contributed by atoms with Crippen molar-refractivity contribution in [1.82, 2.24) is 15.1 Å². The van der Waals surface area contributed by atoms with Gasteiger partial charge in [0.15, 0.2) is 5.96 Å². The first-order valence-electron chi connectivity index (χ1n) is 8.40. The Morgan fingerprint density at radius 3 is 2.82 bits per heavy atom. The smallest absolute Gasteiger partial charge is 0.239 e. The first-order chi connectivity index (χ1) is 10.4. The van der Waals surface area contributed by atoms with Gasteiger partial charge in [0.2, 0.25) is 5.91 Å². The first kappa shape index (κ1) is 18.7. The van der Waals surface area contributed by atoms with Gasteiger partial charge in [-0.25, -0.2) is 0 Å². The Morgan fingerprint density at radius 1 is 1.45 bits per heavy atom. The number of carbonyl (C=O) groups is 1. The van der Waals surface area contributed by atoms with Gasteiger partial charge in [0.1, 0.15) is 0 Å². The monoisotopic (exact) mass is 311 g/mol. The molecule has 1 amide bonds. The van der Waals surface area contributed by atoms with Crippen molar-refractivity contribution in [3.63, 3.8) is 0 Å². The van der Waals surface area contributed by atoms with Crippen LogP contribution in [0, 0.1) is 5.92 Å². The molecule has 6 heteroatoms. The fourth-order valence-corrected chi connectivity index (χ4v) is 2.69. The van der Waals surface area contributed by atoms with Gasteiger partial charge in [-0.05, 0) is 38.1 Å². The van der Waals surface area contributed by atoms with Crippen molar-refractivity contribution < 1.29 is 4.79 Å². The van der Waals surface area contributed by atoms with Crippen LogP contribution in [0.5, 0.6) is 0 Å². The minimum atomic E-state index is 0.0560. The van der Waals surface area contributed by atoms with Crippen LogP contribution in [0.4, 0.5) is 0 Å². The van der Waals surface area contributed by atoms with Crippen LogP contribution in [0.25, 0.3) is 0 Å². The quantitative estimate of drug-likeness (QED) is 0.396. The molecular weight excluding hydrogens is 278 g/mol. The van der Waals surface area contributed by atoms with Gasteiger partial charge in [-0.3, -0.25) is 14.7 Å². The third kappa shape index (κ3) is 6.64. The normalized spacial score (nSPS) is 19.7. The van der Waals surface area contributed by atoms with Crippen LogP contribution in [0.1, 0.15) is 39.5 Å².